The van der Waals surface area contributed by atoms with Crippen molar-refractivity contribution < 1.29 is 23.7 Å². The van der Waals surface area contributed by atoms with Crippen molar-refractivity contribution in [1.29, 1.82) is 0 Å². The van der Waals surface area contributed by atoms with Crippen LogP contribution in [0.15, 0.2) is 76.3 Å². The summed E-state index contributed by atoms with van der Waals surface area (Å²) in [6, 6.07) is 20.9. The van der Waals surface area contributed by atoms with Crippen molar-refractivity contribution in [3.63, 3.8) is 0 Å². The number of hydrogen-bond donors (Lipinski definition) is 1. The van der Waals surface area contributed by atoms with Crippen LogP contribution in [0.3, 0.4) is 0 Å². The molecule has 0 amide bonds. The van der Waals surface area contributed by atoms with Crippen LogP contribution in [-0.2, 0) is 24.4 Å². The van der Waals surface area contributed by atoms with Crippen molar-refractivity contribution in [1.82, 2.24) is 19.4 Å². The number of ether oxygens (including phenoxy) is 4. The third-order valence-electron chi connectivity index (χ3n) is 10.2. The highest BCUT2D eigenvalue weighted by molar-refractivity contribution is 5.85. The van der Waals surface area contributed by atoms with Gasteiger partial charge in [0, 0.05) is 60.2 Å². The summed E-state index contributed by atoms with van der Waals surface area (Å²) < 4.78 is 25.2. The van der Waals surface area contributed by atoms with Gasteiger partial charge in [0.15, 0.2) is 11.5 Å². The zero-order valence-corrected chi connectivity index (χ0v) is 30.7. The summed E-state index contributed by atoms with van der Waals surface area (Å²) in [5, 5.41) is 5.82. The molecule has 1 N–H and O–H groups in total. The number of aryl methyl sites for hydroxylation is 2. The average molecular weight is 709 g/mol. The quantitative estimate of drug-likeness (QED) is 0.195. The molecule has 0 aliphatic carbocycles. The van der Waals surface area contributed by atoms with Crippen LogP contribution in [0.25, 0.3) is 21.8 Å². The van der Waals surface area contributed by atoms with Crippen molar-refractivity contribution >= 4 is 28.1 Å². The first-order valence-corrected chi connectivity index (χ1v) is 17.8. The molecule has 0 bridgehead atoms. The number of nitrogens with one attached hydrogen (secondary N) is 1. The molecule has 52 heavy (non-hydrogen) atoms. The van der Waals surface area contributed by atoms with Gasteiger partial charge < -0.3 is 43.1 Å². The number of likely N-dealkylation sites (tertiary alicyclic amines) is 1. The van der Waals surface area contributed by atoms with E-state index in [4.69, 9.17) is 18.9 Å². The minimum Gasteiger partial charge on any atom is -0.497 e. The fraction of sp³-hybridized carbons (Fsp3) is 0.390. The number of rotatable bonds is 10. The Bertz CT molecular complexity index is 2180. The molecule has 7 rings (SSSR count). The minimum atomic E-state index is -0.171. The van der Waals surface area contributed by atoms with Crippen molar-refractivity contribution in [3.8, 4) is 23.0 Å². The smallest absolute Gasteiger partial charge is 0.251 e. The highest BCUT2D eigenvalue weighted by atomic mass is 16.6. The Labute approximate surface area is 303 Å². The highest BCUT2D eigenvalue weighted by Gasteiger charge is 2.29. The number of benzene rings is 3. The van der Waals surface area contributed by atoms with E-state index in [1.807, 2.05) is 54.8 Å². The first-order valence-electron chi connectivity index (χ1n) is 17.8. The van der Waals surface area contributed by atoms with Crippen molar-refractivity contribution in [2.45, 2.75) is 58.8 Å². The van der Waals surface area contributed by atoms with Gasteiger partial charge in [0.25, 0.3) is 11.1 Å². The van der Waals surface area contributed by atoms with Gasteiger partial charge in [-0.2, -0.15) is 0 Å². The highest BCUT2D eigenvalue weighted by Crippen LogP contribution is 2.31. The van der Waals surface area contributed by atoms with Crippen LogP contribution in [0.2, 0.25) is 0 Å². The van der Waals surface area contributed by atoms with E-state index in [9.17, 15) is 14.4 Å². The van der Waals surface area contributed by atoms with Crippen LogP contribution in [0.4, 0.5) is 0 Å². The van der Waals surface area contributed by atoms with Crippen LogP contribution < -0.4 is 35.4 Å². The van der Waals surface area contributed by atoms with Gasteiger partial charge in [-0.25, -0.2) is 0 Å². The van der Waals surface area contributed by atoms with Gasteiger partial charge in [-0.15, -0.1) is 0 Å². The zero-order chi connectivity index (χ0) is 36.8. The summed E-state index contributed by atoms with van der Waals surface area (Å²) in [6.45, 7) is 11.8. The largest absolute Gasteiger partial charge is 0.497 e. The van der Waals surface area contributed by atoms with E-state index < -0.39 is 0 Å². The average Bonchev–Trinajstić information content (AvgIpc) is 3.16. The maximum atomic E-state index is 12.8. The molecule has 0 radical (unpaired) electrons. The molecule has 1 saturated heterocycles. The van der Waals surface area contributed by atoms with Crippen molar-refractivity contribution in [2.24, 2.45) is 0 Å². The fourth-order valence-corrected chi connectivity index (χ4v) is 7.00. The van der Waals surface area contributed by atoms with Crippen LogP contribution in [0.1, 0.15) is 36.5 Å². The standard InChI is InChI=1S/C28H35N3O4.C13H13NO3/c1-20-16-27(32)31(24-18-22(33-3)5-6-23(20)24)13-12-30-10-8-28(2,9-11-30)29-19-21-4-7-25-26(17-21)35-15-14-34-25;1-9-7-13(16)14(5-6-15)12-8-10(17-2)3-4-11(9)12/h4-7,16-18,29H,8-15,19H2,1-3H3;3-4,6-8H,5H2,1-2H3. The molecular formula is C41H48N4O7. The molecule has 2 aromatic heterocycles. The Morgan fingerprint density at radius 2 is 1.33 bits per heavy atom. The van der Waals surface area contributed by atoms with Gasteiger partial charge in [0.05, 0.1) is 31.8 Å². The number of carbonyl (C=O) groups is 1. The van der Waals surface area contributed by atoms with Gasteiger partial charge >= 0.3 is 0 Å². The van der Waals surface area contributed by atoms with Gasteiger partial charge in [-0.3, -0.25) is 9.59 Å². The molecule has 4 heterocycles. The number of aromatic nitrogens is 2. The van der Waals surface area contributed by atoms with Crippen LogP contribution >= 0.6 is 0 Å². The second-order valence-corrected chi connectivity index (χ2v) is 13.8. The third-order valence-corrected chi connectivity index (χ3v) is 10.2. The summed E-state index contributed by atoms with van der Waals surface area (Å²) in [5.74, 6) is 3.11. The fourth-order valence-electron chi connectivity index (χ4n) is 7.00. The molecule has 1 fully saturated rings. The summed E-state index contributed by atoms with van der Waals surface area (Å²) in [4.78, 5) is 37.7. The number of fused-ring (bicyclic) bond motifs is 3. The molecule has 0 spiro atoms. The normalized spacial score (nSPS) is 15.2. The molecular weight excluding hydrogens is 660 g/mol. The topological polar surface area (TPSA) is 113 Å². The van der Waals surface area contributed by atoms with E-state index in [1.54, 1.807) is 26.4 Å². The van der Waals surface area contributed by atoms with E-state index in [0.717, 1.165) is 95.5 Å². The van der Waals surface area contributed by atoms with Crippen LogP contribution in [0.5, 0.6) is 23.0 Å². The van der Waals surface area contributed by atoms with Gasteiger partial charge in [0.2, 0.25) is 0 Å². The molecule has 11 heteroatoms. The van der Waals surface area contributed by atoms with E-state index in [0.29, 0.717) is 25.5 Å². The third kappa shape index (κ3) is 8.16. The number of aldehydes is 1. The molecule has 3 aromatic carbocycles. The Kier molecular flexibility index (Phi) is 11.3. The first-order chi connectivity index (χ1) is 25.1. The molecule has 5 aromatic rings. The van der Waals surface area contributed by atoms with Crippen LogP contribution in [-0.4, -0.2) is 72.9 Å². The monoisotopic (exact) mass is 708 g/mol. The lowest BCUT2D eigenvalue weighted by Gasteiger charge is -2.40. The van der Waals surface area contributed by atoms with Gasteiger partial charge in [-0.05, 0) is 99.8 Å². The molecule has 2 aliphatic heterocycles. The molecule has 11 nitrogen and oxygen atoms in total. The molecule has 0 atom stereocenters. The molecule has 0 unspecified atom stereocenters. The van der Waals surface area contributed by atoms with E-state index in [1.165, 1.54) is 16.2 Å². The van der Waals surface area contributed by atoms with E-state index in [2.05, 4.69) is 29.3 Å². The van der Waals surface area contributed by atoms with Crippen molar-refractivity contribution in [2.75, 3.05) is 47.1 Å². The lowest BCUT2D eigenvalue weighted by Crippen LogP contribution is -2.51. The number of pyridine rings is 2. The maximum Gasteiger partial charge on any atom is 0.251 e. The number of hydrogen-bond acceptors (Lipinski definition) is 9. The Balaban J connectivity index is 0.000000229. The molecule has 2 aliphatic rings. The van der Waals surface area contributed by atoms with E-state index in [-0.39, 0.29) is 23.2 Å². The summed E-state index contributed by atoms with van der Waals surface area (Å²) in [6.07, 6.45) is 2.85. The second kappa shape index (κ2) is 16.0. The lowest BCUT2D eigenvalue weighted by molar-refractivity contribution is -0.108. The molecule has 0 saturated carbocycles. The van der Waals surface area contributed by atoms with Crippen molar-refractivity contribution in [3.05, 3.63) is 104 Å². The summed E-state index contributed by atoms with van der Waals surface area (Å²) in [5.41, 5.74) is 4.74. The number of piperidine rings is 1. The van der Waals surface area contributed by atoms with E-state index >= 15 is 0 Å². The minimum absolute atomic E-state index is 0.0474. The Hall–Kier alpha value is -5.13. The second-order valence-electron chi connectivity index (χ2n) is 13.8. The first kappa shape index (κ1) is 36.7. The maximum absolute atomic E-state index is 12.8. The predicted molar refractivity (Wildman–Crippen MR) is 203 cm³/mol. The lowest BCUT2D eigenvalue weighted by atomic mass is 9.89. The molecule has 274 valence electrons. The van der Waals surface area contributed by atoms with Crippen LogP contribution in [0, 0.1) is 13.8 Å². The number of nitrogens with zero attached hydrogens (tertiary/aromatic N) is 3. The zero-order valence-electron chi connectivity index (χ0n) is 30.7. The number of methoxy groups -OCH3 is 2. The van der Waals surface area contributed by atoms with Gasteiger partial charge in [-0.1, -0.05) is 6.07 Å². The SMILES string of the molecule is COc1ccc2c(C)cc(=O)n(CC=O)c2c1.COc1ccc2c(C)cc(=O)n(CCN3CCC(C)(NCc4ccc5c(c4)OCCO5)CC3)c2c1. The summed E-state index contributed by atoms with van der Waals surface area (Å²) >= 11 is 0. The number of carbonyl (C=O) groups excluding carboxylic acids is 1. The van der Waals surface area contributed by atoms with Gasteiger partial charge in [0.1, 0.15) is 31.0 Å². The Morgan fingerprint density at radius 1 is 0.750 bits per heavy atom. The predicted octanol–water partition coefficient (Wildman–Crippen LogP) is 5.25. The Morgan fingerprint density at radius 3 is 1.92 bits per heavy atom. The summed E-state index contributed by atoms with van der Waals surface area (Å²) in [7, 11) is 3.23.